The SMILES string of the molecule is CCc1[nH]c2nc(OC)cnc2c(=O)c1C(=O)O. The zero-order valence-electron chi connectivity index (χ0n) is 9.85. The van der Waals surface area contributed by atoms with Crippen molar-refractivity contribution < 1.29 is 14.6 Å². The number of hydrogen-bond acceptors (Lipinski definition) is 5. The van der Waals surface area contributed by atoms with Gasteiger partial charge in [0.25, 0.3) is 0 Å². The summed E-state index contributed by atoms with van der Waals surface area (Å²) in [5, 5.41) is 9.04. The van der Waals surface area contributed by atoms with Gasteiger partial charge in [0.15, 0.2) is 11.2 Å². The van der Waals surface area contributed by atoms with Crippen LogP contribution in [0.5, 0.6) is 5.88 Å². The van der Waals surface area contributed by atoms with Gasteiger partial charge in [-0.1, -0.05) is 6.92 Å². The van der Waals surface area contributed by atoms with Gasteiger partial charge in [-0.3, -0.25) is 4.79 Å². The van der Waals surface area contributed by atoms with Crippen molar-refractivity contribution >= 4 is 17.1 Å². The molecule has 2 aromatic heterocycles. The van der Waals surface area contributed by atoms with E-state index in [0.717, 1.165) is 0 Å². The Hall–Kier alpha value is -2.44. The van der Waals surface area contributed by atoms with Gasteiger partial charge in [-0.15, -0.1) is 0 Å². The summed E-state index contributed by atoms with van der Waals surface area (Å²) in [6.07, 6.45) is 1.65. The van der Waals surface area contributed by atoms with Crippen LogP contribution < -0.4 is 10.2 Å². The number of aromatic amines is 1. The molecule has 7 nitrogen and oxygen atoms in total. The molecule has 0 atom stereocenters. The summed E-state index contributed by atoms with van der Waals surface area (Å²) in [6.45, 7) is 1.75. The number of nitrogens with zero attached hydrogens (tertiary/aromatic N) is 2. The quantitative estimate of drug-likeness (QED) is 0.824. The van der Waals surface area contributed by atoms with Gasteiger partial charge in [0.2, 0.25) is 11.3 Å². The number of aromatic nitrogens is 3. The summed E-state index contributed by atoms with van der Waals surface area (Å²) in [4.78, 5) is 33.8. The Balaban J connectivity index is 2.86. The lowest BCUT2D eigenvalue weighted by molar-refractivity contribution is 0.0694. The van der Waals surface area contributed by atoms with Crippen LogP contribution in [0.25, 0.3) is 11.2 Å². The van der Waals surface area contributed by atoms with Crippen LogP contribution in [0, 0.1) is 0 Å². The smallest absolute Gasteiger partial charge is 0.341 e. The Labute approximate surface area is 101 Å². The molecule has 0 aliphatic carbocycles. The van der Waals surface area contributed by atoms with E-state index in [1.807, 2.05) is 0 Å². The number of carbonyl (C=O) groups is 1. The molecule has 2 heterocycles. The number of methoxy groups -OCH3 is 1. The topological polar surface area (TPSA) is 105 Å². The van der Waals surface area contributed by atoms with Gasteiger partial charge >= 0.3 is 5.97 Å². The van der Waals surface area contributed by atoms with Crippen molar-refractivity contribution in [2.24, 2.45) is 0 Å². The number of H-pyrrole nitrogens is 1. The molecular weight excluding hydrogens is 238 g/mol. The summed E-state index contributed by atoms with van der Waals surface area (Å²) in [6, 6.07) is 0. The highest BCUT2D eigenvalue weighted by Crippen LogP contribution is 2.12. The van der Waals surface area contributed by atoms with Crippen LogP contribution in [0.2, 0.25) is 0 Å². The molecule has 18 heavy (non-hydrogen) atoms. The van der Waals surface area contributed by atoms with Gasteiger partial charge in [-0.2, -0.15) is 4.98 Å². The van der Waals surface area contributed by atoms with E-state index in [2.05, 4.69) is 15.0 Å². The van der Waals surface area contributed by atoms with Crippen LogP contribution in [0.1, 0.15) is 23.0 Å². The second-order valence-corrected chi connectivity index (χ2v) is 3.58. The highest BCUT2D eigenvalue weighted by atomic mass is 16.5. The minimum atomic E-state index is -1.27. The Kier molecular flexibility index (Phi) is 2.97. The van der Waals surface area contributed by atoms with Gasteiger partial charge in [-0.05, 0) is 6.42 Å². The van der Waals surface area contributed by atoms with Gasteiger partial charge in [0.05, 0.1) is 13.3 Å². The summed E-state index contributed by atoms with van der Waals surface area (Å²) in [7, 11) is 1.43. The van der Waals surface area contributed by atoms with Crippen LogP contribution in [-0.4, -0.2) is 33.1 Å². The molecule has 0 bridgehead atoms. The van der Waals surface area contributed by atoms with Gasteiger partial charge in [0, 0.05) is 5.69 Å². The lowest BCUT2D eigenvalue weighted by Crippen LogP contribution is -2.20. The third-order valence-electron chi connectivity index (χ3n) is 2.54. The summed E-state index contributed by atoms with van der Waals surface area (Å²) in [5.41, 5.74) is -0.387. The second kappa shape index (κ2) is 4.44. The van der Waals surface area contributed by atoms with Crippen molar-refractivity contribution in [2.75, 3.05) is 7.11 Å². The Bertz CT molecular complexity index is 678. The highest BCUT2D eigenvalue weighted by molar-refractivity contribution is 5.92. The van der Waals surface area contributed by atoms with Crippen molar-refractivity contribution in [1.29, 1.82) is 0 Å². The molecule has 2 rings (SSSR count). The van der Waals surface area contributed by atoms with Crippen LogP contribution in [0.15, 0.2) is 11.0 Å². The molecule has 0 unspecified atom stereocenters. The number of hydrogen-bond donors (Lipinski definition) is 2. The largest absolute Gasteiger partial charge is 0.480 e. The maximum Gasteiger partial charge on any atom is 0.341 e. The van der Waals surface area contributed by atoms with Gasteiger partial charge < -0.3 is 14.8 Å². The van der Waals surface area contributed by atoms with Crippen molar-refractivity contribution in [3.63, 3.8) is 0 Å². The molecule has 0 radical (unpaired) electrons. The number of aromatic carboxylic acids is 1. The van der Waals surface area contributed by atoms with Crippen LogP contribution in [-0.2, 0) is 6.42 Å². The predicted octanol–water partition coefficient (Wildman–Crippen LogP) is 0.587. The van der Waals surface area contributed by atoms with Gasteiger partial charge in [-0.25, -0.2) is 9.78 Å². The molecule has 0 saturated carbocycles. The van der Waals surface area contributed by atoms with Crippen LogP contribution >= 0.6 is 0 Å². The maximum atomic E-state index is 12.0. The first-order chi connectivity index (χ1) is 8.58. The van der Waals surface area contributed by atoms with Crippen LogP contribution in [0.4, 0.5) is 0 Å². The standard InChI is InChI=1S/C11H11N3O4/c1-3-5-7(11(16)17)9(15)8-10(13-5)14-6(18-2)4-12-8/h4H,3H2,1-2H3,(H,16,17)(H,13,14,15). The summed E-state index contributed by atoms with van der Waals surface area (Å²) < 4.78 is 4.90. The predicted molar refractivity (Wildman–Crippen MR) is 63.0 cm³/mol. The first kappa shape index (κ1) is 12.0. The molecule has 7 heteroatoms. The van der Waals surface area contributed by atoms with Crippen molar-refractivity contribution in [3.8, 4) is 5.88 Å². The Morgan fingerprint density at radius 1 is 1.56 bits per heavy atom. The third-order valence-corrected chi connectivity index (χ3v) is 2.54. The number of nitrogens with one attached hydrogen (secondary N) is 1. The van der Waals surface area contributed by atoms with Crippen molar-refractivity contribution in [1.82, 2.24) is 15.0 Å². The molecule has 0 spiro atoms. The third kappa shape index (κ3) is 1.79. The van der Waals surface area contributed by atoms with Crippen molar-refractivity contribution in [3.05, 3.63) is 27.7 Å². The number of carboxylic acids is 1. The lowest BCUT2D eigenvalue weighted by atomic mass is 10.1. The first-order valence-corrected chi connectivity index (χ1v) is 5.27. The van der Waals surface area contributed by atoms with Crippen LogP contribution in [0.3, 0.4) is 0 Å². The fraction of sp³-hybridized carbons (Fsp3) is 0.273. The highest BCUT2D eigenvalue weighted by Gasteiger charge is 2.18. The minimum absolute atomic E-state index is 0.00889. The Morgan fingerprint density at radius 2 is 2.28 bits per heavy atom. The van der Waals surface area contributed by atoms with E-state index in [4.69, 9.17) is 9.84 Å². The minimum Gasteiger partial charge on any atom is -0.480 e. The molecule has 0 amide bonds. The van der Waals surface area contributed by atoms with Gasteiger partial charge in [0.1, 0.15) is 5.56 Å². The number of ether oxygens (including phenoxy) is 1. The Morgan fingerprint density at radius 3 is 2.83 bits per heavy atom. The fourth-order valence-corrected chi connectivity index (χ4v) is 1.68. The average molecular weight is 249 g/mol. The number of pyridine rings is 1. The lowest BCUT2D eigenvalue weighted by Gasteiger charge is -2.06. The van der Waals surface area contributed by atoms with E-state index in [1.165, 1.54) is 13.3 Å². The van der Waals surface area contributed by atoms with Crippen molar-refractivity contribution in [2.45, 2.75) is 13.3 Å². The average Bonchev–Trinajstić information content (AvgIpc) is 2.37. The number of rotatable bonds is 3. The maximum absolute atomic E-state index is 12.0. The molecule has 2 aromatic rings. The van der Waals surface area contributed by atoms with E-state index in [1.54, 1.807) is 6.92 Å². The van der Waals surface area contributed by atoms with E-state index >= 15 is 0 Å². The molecule has 0 saturated heterocycles. The zero-order valence-corrected chi connectivity index (χ0v) is 9.85. The summed E-state index contributed by atoms with van der Waals surface area (Å²) >= 11 is 0. The van der Waals surface area contributed by atoms with E-state index in [-0.39, 0.29) is 22.6 Å². The zero-order chi connectivity index (χ0) is 13.3. The molecular formula is C11H11N3O4. The second-order valence-electron chi connectivity index (χ2n) is 3.58. The van der Waals surface area contributed by atoms with E-state index in [9.17, 15) is 9.59 Å². The molecule has 94 valence electrons. The number of carboxylic acid groups (broad SMARTS) is 1. The number of aryl methyl sites for hydroxylation is 1. The molecule has 0 aliphatic rings. The summed E-state index contributed by atoms with van der Waals surface area (Å²) in [5.74, 6) is -1.02. The molecule has 0 fully saturated rings. The molecule has 2 N–H and O–H groups in total. The normalized spacial score (nSPS) is 10.6. The molecule has 0 aliphatic heterocycles. The van der Waals surface area contributed by atoms with E-state index < -0.39 is 11.4 Å². The first-order valence-electron chi connectivity index (χ1n) is 5.27. The van der Waals surface area contributed by atoms with E-state index in [0.29, 0.717) is 12.1 Å². The number of fused-ring (bicyclic) bond motifs is 1. The molecule has 0 aromatic carbocycles. The fourth-order valence-electron chi connectivity index (χ4n) is 1.68. The monoisotopic (exact) mass is 249 g/mol.